The Morgan fingerprint density at radius 1 is 1.04 bits per heavy atom. The second-order valence-corrected chi connectivity index (χ2v) is 9.87. The lowest BCUT2D eigenvalue weighted by Gasteiger charge is -2.18. The van der Waals surface area contributed by atoms with E-state index >= 15 is 0 Å². The van der Waals surface area contributed by atoms with Gasteiger partial charge in [0.2, 0.25) is 0 Å². The molecule has 140 valence electrons. The molecule has 2 heterocycles. The highest BCUT2D eigenvalue weighted by Gasteiger charge is 2.20. The van der Waals surface area contributed by atoms with Crippen LogP contribution in [0.5, 0.6) is 0 Å². The van der Waals surface area contributed by atoms with Crippen LogP contribution in [0.2, 0.25) is 0 Å². The van der Waals surface area contributed by atoms with Crippen molar-refractivity contribution in [2.24, 2.45) is 5.41 Å². The Kier molecular flexibility index (Phi) is 4.48. The lowest BCUT2D eigenvalue weighted by Crippen LogP contribution is -2.08. The third kappa shape index (κ3) is 3.30. The van der Waals surface area contributed by atoms with E-state index in [0.29, 0.717) is 5.56 Å². The van der Waals surface area contributed by atoms with Gasteiger partial charge in [-0.2, -0.15) is 5.26 Å². The van der Waals surface area contributed by atoms with E-state index in [1.165, 1.54) is 26.8 Å². The van der Waals surface area contributed by atoms with E-state index in [0.717, 1.165) is 27.8 Å². The van der Waals surface area contributed by atoms with Gasteiger partial charge in [-0.05, 0) is 43.4 Å². The monoisotopic (exact) mass is 384 g/mol. The highest BCUT2D eigenvalue weighted by Crippen LogP contribution is 2.43. The SMILES string of the molecule is Cc1cc(C)cc(-c2ncc(C#N)c3c2sc2c(CC(C)(C)C)cccc23)c1. The van der Waals surface area contributed by atoms with E-state index in [9.17, 15) is 5.26 Å². The number of pyridine rings is 1. The predicted molar refractivity (Wildman–Crippen MR) is 120 cm³/mol. The Hall–Kier alpha value is -2.70. The van der Waals surface area contributed by atoms with Gasteiger partial charge in [-0.25, -0.2) is 0 Å². The molecule has 0 bridgehead atoms. The molecule has 0 aliphatic heterocycles. The van der Waals surface area contributed by atoms with Crippen LogP contribution in [-0.2, 0) is 6.42 Å². The number of thiophene rings is 1. The van der Waals surface area contributed by atoms with Gasteiger partial charge < -0.3 is 0 Å². The molecule has 0 spiro atoms. The molecular weight excluding hydrogens is 360 g/mol. The van der Waals surface area contributed by atoms with Crippen LogP contribution in [0.4, 0.5) is 0 Å². The number of nitrogens with zero attached hydrogens (tertiary/aromatic N) is 2. The van der Waals surface area contributed by atoms with Crippen LogP contribution >= 0.6 is 11.3 Å². The summed E-state index contributed by atoms with van der Waals surface area (Å²) in [6.45, 7) is 11.0. The van der Waals surface area contributed by atoms with Gasteiger partial charge in [0.05, 0.1) is 16.0 Å². The Bertz CT molecular complexity index is 1230. The number of aromatic nitrogens is 1. The molecule has 4 rings (SSSR count). The van der Waals surface area contributed by atoms with Crippen LogP contribution < -0.4 is 0 Å². The minimum atomic E-state index is 0.206. The molecule has 0 aliphatic carbocycles. The van der Waals surface area contributed by atoms with Gasteiger partial charge in [-0.15, -0.1) is 11.3 Å². The molecule has 2 aromatic heterocycles. The first kappa shape index (κ1) is 18.7. The smallest absolute Gasteiger partial charge is 0.101 e. The second kappa shape index (κ2) is 6.72. The fourth-order valence-corrected chi connectivity index (χ4v) is 5.32. The first-order valence-electron chi connectivity index (χ1n) is 9.59. The summed E-state index contributed by atoms with van der Waals surface area (Å²) in [6.07, 6.45) is 2.74. The zero-order chi connectivity index (χ0) is 20.1. The molecule has 4 aromatic rings. The summed E-state index contributed by atoms with van der Waals surface area (Å²) in [5.41, 5.74) is 6.76. The van der Waals surface area contributed by atoms with Crippen LogP contribution in [0.3, 0.4) is 0 Å². The average molecular weight is 385 g/mol. The van der Waals surface area contributed by atoms with E-state index in [-0.39, 0.29) is 5.41 Å². The van der Waals surface area contributed by atoms with Gasteiger partial charge in [0.1, 0.15) is 6.07 Å². The van der Waals surface area contributed by atoms with Gasteiger partial charge in [0.15, 0.2) is 0 Å². The number of aryl methyl sites for hydroxylation is 2. The molecule has 0 radical (unpaired) electrons. The quantitative estimate of drug-likeness (QED) is 0.366. The highest BCUT2D eigenvalue weighted by atomic mass is 32.1. The molecule has 3 heteroatoms. The number of fused-ring (bicyclic) bond motifs is 3. The molecule has 0 N–H and O–H groups in total. The first-order chi connectivity index (χ1) is 13.3. The number of nitriles is 1. The summed E-state index contributed by atoms with van der Waals surface area (Å²) in [7, 11) is 0. The Morgan fingerprint density at radius 2 is 1.75 bits per heavy atom. The van der Waals surface area contributed by atoms with E-state index < -0.39 is 0 Å². The molecule has 0 saturated heterocycles. The molecule has 0 atom stereocenters. The maximum atomic E-state index is 9.73. The number of hydrogen-bond acceptors (Lipinski definition) is 3. The summed E-state index contributed by atoms with van der Waals surface area (Å²) in [4.78, 5) is 4.72. The van der Waals surface area contributed by atoms with Crippen molar-refractivity contribution >= 4 is 31.5 Å². The fourth-order valence-electron chi connectivity index (χ4n) is 3.98. The summed E-state index contributed by atoms with van der Waals surface area (Å²) in [5, 5.41) is 11.9. The van der Waals surface area contributed by atoms with E-state index in [2.05, 4.69) is 77.1 Å². The minimum Gasteiger partial charge on any atom is -0.253 e. The normalized spacial score (nSPS) is 11.9. The van der Waals surface area contributed by atoms with Gasteiger partial charge in [-0.3, -0.25) is 4.98 Å². The van der Waals surface area contributed by atoms with Gasteiger partial charge in [0.25, 0.3) is 0 Å². The molecule has 28 heavy (non-hydrogen) atoms. The fraction of sp³-hybridized carbons (Fsp3) is 0.280. The van der Waals surface area contributed by atoms with Crippen molar-refractivity contribution in [3.05, 3.63) is 64.8 Å². The van der Waals surface area contributed by atoms with E-state index in [1.54, 1.807) is 17.5 Å². The number of hydrogen-bond donors (Lipinski definition) is 0. The van der Waals surface area contributed by atoms with Crippen molar-refractivity contribution < 1.29 is 0 Å². The lowest BCUT2D eigenvalue weighted by molar-refractivity contribution is 0.413. The zero-order valence-corrected chi connectivity index (χ0v) is 17.9. The van der Waals surface area contributed by atoms with Gasteiger partial charge >= 0.3 is 0 Å². The zero-order valence-electron chi connectivity index (χ0n) is 17.1. The number of rotatable bonds is 2. The first-order valence-corrected chi connectivity index (χ1v) is 10.4. The van der Waals surface area contributed by atoms with Crippen molar-refractivity contribution in [1.82, 2.24) is 4.98 Å². The molecule has 2 aromatic carbocycles. The lowest BCUT2D eigenvalue weighted by atomic mass is 9.87. The van der Waals surface area contributed by atoms with Crippen molar-refractivity contribution in [2.75, 3.05) is 0 Å². The maximum Gasteiger partial charge on any atom is 0.101 e. The molecule has 0 unspecified atom stereocenters. The van der Waals surface area contributed by atoms with Crippen LogP contribution in [0.15, 0.2) is 42.6 Å². The Balaban J connectivity index is 2.08. The standard InChI is InChI=1S/C25H24N2S/c1-15-9-16(2)11-18(10-15)22-24-21(19(13-26)14-27-22)20-8-6-7-17(23(20)28-24)12-25(3,4)5/h6-11,14H,12H2,1-5H3. The third-order valence-corrected chi connectivity index (χ3v) is 6.23. The largest absolute Gasteiger partial charge is 0.253 e. The summed E-state index contributed by atoms with van der Waals surface area (Å²) >= 11 is 1.78. The molecule has 2 nitrogen and oxygen atoms in total. The summed E-state index contributed by atoms with van der Waals surface area (Å²) in [6, 6.07) is 15.4. The number of benzene rings is 2. The van der Waals surface area contributed by atoms with Crippen LogP contribution in [0.1, 0.15) is 43.0 Å². The van der Waals surface area contributed by atoms with Crippen molar-refractivity contribution in [3.63, 3.8) is 0 Å². The Labute approximate surface area is 170 Å². The van der Waals surface area contributed by atoms with Crippen molar-refractivity contribution in [2.45, 2.75) is 41.0 Å². The summed E-state index contributed by atoms with van der Waals surface area (Å²) in [5.74, 6) is 0. The topological polar surface area (TPSA) is 36.7 Å². The van der Waals surface area contributed by atoms with Crippen molar-refractivity contribution in [3.8, 4) is 17.3 Å². The van der Waals surface area contributed by atoms with E-state index in [1.807, 2.05) is 0 Å². The van der Waals surface area contributed by atoms with Crippen LogP contribution in [0.25, 0.3) is 31.4 Å². The van der Waals surface area contributed by atoms with Gasteiger partial charge in [0, 0.05) is 27.2 Å². The minimum absolute atomic E-state index is 0.206. The van der Waals surface area contributed by atoms with E-state index in [4.69, 9.17) is 4.98 Å². The molecular formula is C25H24N2S. The average Bonchev–Trinajstić information content (AvgIpc) is 2.99. The highest BCUT2D eigenvalue weighted by molar-refractivity contribution is 7.26. The molecule has 0 amide bonds. The molecule has 0 fully saturated rings. The maximum absolute atomic E-state index is 9.73. The second-order valence-electron chi connectivity index (χ2n) is 8.85. The summed E-state index contributed by atoms with van der Waals surface area (Å²) < 4.78 is 2.39. The molecule has 0 aliphatic rings. The molecule has 0 saturated carbocycles. The van der Waals surface area contributed by atoms with Crippen LogP contribution in [0, 0.1) is 30.6 Å². The van der Waals surface area contributed by atoms with Crippen LogP contribution in [-0.4, -0.2) is 4.98 Å². The van der Waals surface area contributed by atoms with Crippen molar-refractivity contribution in [1.29, 1.82) is 5.26 Å². The van der Waals surface area contributed by atoms with Gasteiger partial charge in [-0.1, -0.05) is 56.2 Å². The predicted octanol–water partition coefficient (Wildman–Crippen LogP) is 7.19. The Morgan fingerprint density at radius 3 is 2.39 bits per heavy atom. The third-order valence-electron chi connectivity index (χ3n) is 4.94.